The van der Waals surface area contributed by atoms with Gasteiger partial charge in [-0.1, -0.05) is 28.1 Å². The number of benzene rings is 1. The fourth-order valence-electron chi connectivity index (χ4n) is 2.58. The van der Waals surface area contributed by atoms with Crippen molar-refractivity contribution in [3.8, 4) is 0 Å². The molecule has 0 radical (unpaired) electrons. The minimum Gasteiger partial charge on any atom is -0.444 e. The fourth-order valence-corrected chi connectivity index (χ4v) is 2.98. The van der Waals surface area contributed by atoms with Gasteiger partial charge in [-0.15, -0.1) is 0 Å². The van der Waals surface area contributed by atoms with Crippen LogP contribution in [0.4, 0.5) is 4.79 Å². The summed E-state index contributed by atoms with van der Waals surface area (Å²) in [6.45, 7) is 6.07. The van der Waals surface area contributed by atoms with Crippen molar-refractivity contribution in [2.24, 2.45) is 0 Å². The molecule has 1 unspecified atom stereocenters. The number of amides is 1. The highest BCUT2D eigenvalue weighted by Crippen LogP contribution is 2.24. The predicted molar refractivity (Wildman–Crippen MR) is 89.1 cm³/mol. The lowest BCUT2D eigenvalue weighted by Crippen LogP contribution is -2.49. The molecule has 1 atom stereocenters. The molecule has 2 rings (SSSR count). The minimum atomic E-state index is -0.558. The first-order valence-corrected chi connectivity index (χ1v) is 8.36. The number of piperidine rings is 1. The highest BCUT2D eigenvalue weighted by atomic mass is 79.9. The van der Waals surface area contributed by atoms with Gasteiger partial charge in [-0.25, -0.2) is 4.79 Å². The van der Waals surface area contributed by atoms with Crippen LogP contribution in [-0.2, 0) is 4.74 Å². The van der Waals surface area contributed by atoms with Crippen molar-refractivity contribution < 1.29 is 14.3 Å². The summed E-state index contributed by atoms with van der Waals surface area (Å²) in [5, 5.41) is 0. The Kier molecular flexibility index (Phi) is 5.27. The second-order valence-electron chi connectivity index (χ2n) is 6.56. The average molecular weight is 368 g/mol. The van der Waals surface area contributed by atoms with E-state index in [-0.39, 0.29) is 5.78 Å². The van der Waals surface area contributed by atoms with Crippen LogP contribution in [0.25, 0.3) is 0 Å². The van der Waals surface area contributed by atoms with Gasteiger partial charge in [0, 0.05) is 16.6 Å². The standard InChI is InChI=1S/C17H22BrNO3/c1-17(2,3)22-16(21)19-10-5-4-9-14(19)15(20)12-7-6-8-13(18)11-12/h6-8,11,14H,4-5,9-10H2,1-3H3. The molecule has 0 bridgehead atoms. The Labute approximate surface area is 140 Å². The van der Waals surface area contributed by atoms with Crippen molar-refractivity contribution >= 4 is 27.8 Å². The summed E-state index contributed by atoms with van der Waals surface area (Å²) >= 11 is 3.38. The molecule has 1 fully saturated rings. The van der Waals surface area contributed by atoms with E-state index in [1.807, 2.05) is 32.9 Å². The third kappa shape index (κ3) is 4.32. The monoisotopic (exact) mass is 367 g/mol. The molecule has 5 heteroatoms. The number of rotatable bonds is 2. The van der Waals surface area contributed by atoms with Gasteiger partial charge in [-0.05, 0) is 52.2 Å². The molecule has 0 aliphatic carbocycles. The zero-order chi connectivity index (χ0) is 16.3. The first kappa shape index (κ1) is 17.0. The Bertz CT molecular complexity index is 565. The SMILES string of the molecule is CC(C)(C)OC(=O)N1CCCCC1C(=O)c1cccc(Br)c1. The van der Waals surface area contributed by atoms with Crippen LogP contribution in [0.15, 0.2) is 28.7 Å². The molecule has 0 saturated carbocycles. The summed E-state index contributed by atoms with van der Waals surface area (Å²) in [4.78, 5) is 26.7. The van der Waals surface area contributed by atoms with Gasteiger partial charge in [0.15, 0.2) is 5.78 Å². The Morgan fingerprint density at radius 2 is 2.00 bits per heavy atom. The van der Waals surface area contributed by atoms with Crippen molar-refractivity contribution in [2.45, 2.75) is 51.7 Å². The lowest BCUT2D eigenvalue weighted by atomic mass is 9.95. The predicted octanol–water partition coefficient (Wildman–Crippen LogP) is 4.42. The maximum Gasteiger partial charge on any atom is 0.410 e. The van der Waals surface area contributed by atoms with Crippen LogP contribution in [0.2, 0.25) is 0 Å². The first-order chi connectivity index (χ1) is 10.3. The molecule has 1 saturated heterocycles. The van der Waals surface area contributed by atoms with Gasteiger partial charge >= 0.3 is 6.09 Å². The number of ketones is 1. The number of ether oxygens (including phenoxy) is 1. The smallest absolute Gasteiger partial charge is 0.410 e. The lowest BCUT2D eigenvalue weighted by Gasteiger charge is -2.35. The second kappa shape index (κ2) is 6.82. The number of carbonyl (C=O) groups excluding carboxylic acids is 2. The number of nitrogens with zero attached hydrogens (tertiary/aromatic N) is 1. The average Bonchev–Trinajstić information content (AvgIpc) is 2.44. The molecule has 4 nitrogen and oxygen atoms in total. The van der Waals surface area contributed by atoms with Gasteiger partial charge in [0.25, 0.3) is 0 Å². The van der Waals surface area contributed by atoms with Gasteiger partial charge in [-0.3, -0.25) is 9.69 Å². The Balaban J connectivity index is 2.19. The number of hydrogen-bond donors (Lipinski definition) is 0. The quantitative estimate of drug-likeness (QED) is 0.726. The van der Waals surface area contributed by atoms with Crippen molar-refractivity contribution in [1.82, 2.24) is 4.90 Å². The van der Waals surface area contributed by atoms with Gasteiger partial charge < -0.3 is 4.74 Å². The Morgan fingerprint density at radius 1 is 1.27 bits per heavy atom. The van der Waals surface area contributed by atoms with E-state index in [4.69, 9.17) is 4.74 Å². The van der Waals surface area contributed by atoms with Crippen LogP contribution >= 0.6 is 15.9 Å². The normalized spacial score (nSPS) is 18.9. The molecular weight excluding hydrogens is 346 g/mol. The first-order valence-electron chi connectivity index (χ1n) is 7.57. The van der Waals surface area contributed by atoms with E-state index < -0.39 is 17.7 Å². The number of likely N-dealkylation sites (tertiary alicyclic amines) is 1. The van der Waals surface area contributed by atoms with Gasteiger partial charge in [0.05, 0.1) is 6.04 Å². The van der Waals surface area contributed by atoms with Gasteiger partial charge in [-0.2, -0.15) is 0 Å². The van der Waals surface area contributed by atoms with E-state index >= 15 is 0 Å². The molecule has 22 heavy (non-hydrogen) atoms. The second-order valence-corrected chi connectivity index (χ2v) is 7.48. The summed E-state index contributed by atoms with van der Waals surface area (Å²) in [5.74, 6) is -0.0214. The third-order valence-corrected chi connectivity index (χ3v) is 4.04. The van der Waals surface area contributed by atoms with Crippen LogP contribution in [0.1, 0.15) is 50.4 Å². The molecule has 0 N–H and O–H groups in total. The summed E-state index contributed by atoms with van der Waals surface area (Å²) in [7, 11) is 0. The molecule has 1 amide bonds. The molecule has 1 aromatic rings. The maximum absolute atomic E-state index is 12.8. The topological polar surface area (TPSA) is 46.6 Å². The molecule has 1 heterocycles. The summed E-state index contributed by atoms with van der Waals surface area (Å²) in [6.07, 6.45) is 2.14. The van der Waals surface area contributed by atoms with E-state index in [1.165, 1.54) is 0 Å². The molecule has 120 valence electrons. The lowest BCUT2D eigenvalue weighted by molar-refractivity contribution is 0.0105. The highest BCUT2D eigenvalue weighted by molar-refractivity contribution is 9.10. The van der Waals surface area contributed by atoms with Crippen molar-refractivity contribution in [2.75, 3.05) is 6.54 Å². The van der Waals surface area contributed by atoms with E-state index in [0.29, 0.717) is 18.5 Å². The highest BCUT2D eigenvalue weighted by Gasteiger charge is 2.35. The van der Waals surface area contributed by atoms with Crippen molar-refractivity contribution in [1.29, 1.82) is 0 Å². The third-order valence-electron chi connectivity index (χ3n) is 3.54. The largest absolute Gasteiger partial charge is 0.444 e. The van der Waals surface area contributed by atoms with Crippen LogP contribution in [0.3, 0.4) is 0 Å². The van der Waals surface area contributed by atoms with Gasteiger partial charge in [0.1, 0.15) is 5.60 Å². The maximum atomic E-state index is 12.8. The zero-order valence-corrected chi connectivity index (χ0v) is 14.9. The minimum absolute atomic E-state index is 0.0214. The van der Waals surface area contributed by atoms with E-state index in [1.54, 1.807) is 17.0 Å². The number of Topliss-reactive ketones (excluding diaryl/α,β-unsaturated/α-hetero) is 1. The van der Waals surface area contributed by atoms with Gasteiger partial charge in [0.2, 0.25) is 0 Å². The van der Waals surface area contributed by atoms with Crippen LogP contribution in [0, 0.1) is 0 Å². The number of halogens is 1. The Morgan fingerprint density at radius 3 is 2.64 bits per heavy atom. The van der Waals surface area contributed by atoms with Crippen LogP contribution < -0.4 is 0 Å². The number of carbonyl (C=O) groups is 2. The molecular formula is C17H22BrNO3. The van der Waals surface area contributed by atoms with Crippen molar-refractivity contribution in [3.63, 3.8) is 0 Å². The fraction of sp³-hybridized carbons (Fsp3) is 0.529. The van der Waals surface area contributed by atoms with E-state index in [0.717, 1.165) is 17.3 Å². The van der Waals surface area contributed by atoms with Crippen LogP contribution in [-0.4, -0.2) is 35.0 Å². The van der Waals surface area contributed by atoms with E-state index in [9.17, 15) is 9.59 Å². The van der Waals surface area contributed by atoms with E-state index in [2.05, 4.69) is 15.9 Å². The molecule has 0 spiro atoms. The Hall–Kier alpha value is -1.36. The molecule has 1 aliphatic rings. The number of hydrogen-bond acceptors (Lipinski definition) is 3. The molecule has 1 aliphatic heterocycles. The summed E-state index contributed by atoms with van der Waals surface area (Å²) < 4.78 is 6.30. The summed E-state index contributed by atoms with van der Waals surface area (Å²) in [5.41, 5.74) is 0.0626. The molecule has 1 aromatic carbocycles. The van der Waals surface area contributed by atoms with Crippen molar-refractivity contribution in [3.05, 3.63) is 34.3 Å². The zero-order valence-electron chi connectivity index (χ0n) is 13.3. The summed E-state index contributed by atoms with van der Waals surface area (Å²) in [6, 6.07) is 6.86. The van der Waals surface area contributed by atoms with Crippen LogP contribution in [0.5, 0.6) is 0 Å². The molecule has 0 aromatic heterocycles.